The topological polar surface area (TPSA) is 41.9 Å². The number of methoxy groups -OCH3 is 1. The van der Waals surface area contributed by atoms with E-state index in [1.54, 1.807) is 14.0 Å². The zero-order valence-corrected chi connectivity index (χ0v) is 13.3. The van der Waals surface area contributed by atoms with Crippen molar-refractivity contribution in [3.05, 3.63) is 29.8 Å². The SMILES string of the molecule is COCCOc1ccccc1CN1C(=S)SCC1(C)O. The zero-order chi connectivity index (χ0) is 14.6. The van der Waals surface area contributed by atoms with E-state index in [-0.39, 0.29) is 0 Å². The predicted octanol–water partition coefficient (Wildman–Crippen LogP) is 2.25. The average Bonchev–Trinajstić information content (AvgIpc) is 2.68. The van der Waals surface area contributed by atoms with Gasteiger partial charge in [0.2, 0.25) is 0 Å². The number of aliphatic hydroxyl groups is 1. The van der Waals surface area contributed by atoms with Gasteiger partial charge in [0.25, 0.3) is 0 Å². The van der Waals surface area contributed by atoms with Crippen LogP contribution in [0.1, 0.15) is 12.5 Å². The Kier molecular flexibility index (Phi) is 5.26. The fourth-order valence-electron chi connectivity index (χ4n) is 1.97. The first-order chi connectivity index (χ1) is 9.54. The Balaban J connectivity index is 2.10. The number of thiocarbonyl (C=S) groups is 1. The molecule has 0 radical (unpaired) electrons. The third kappa shape index (κ3) is 3.63. The summed E-state index contributed by atoms with van der Waals surface area (Å²) in [5.74, 6) is 1.40. The molecule has 1 aromatic carbocycles. The van der Waals surface area contributed by atoms with Gasteiger partial charge in [-0.1, -0.05) is 42.2 Å². The van der Waals surface area contributed by atoms with E-state index in [0.29, 0.717) is 25.5 Å². The van der Waals surface area contributed by atoms with Gasteiger partial charge in [0.15, 0.2) is 0 Å². The molecular formula is C14H19NO3S2. The van der Waals surface area contributed by atoms with Gasteiger partial charge in [0, 0.05) is 18.4 Å². The standard InChI is InChI=1S/C14H19NO3S2/c1-14(16)10-20-13(19)15(14)9-11-5-3-4-6-12(11)18-8-7-17-2/h3-6,16H,7-10H2,1-2H3. The highest BCUT2D eigenvalue weighted by Gasteiger charge is 2.38. The van der Waals surface area contributed by atoms with Crippen molar-refractivity contribution >= 4 is 28.3 Å². The van der Waals surface area contributed by atoms with Crippen molar-refractivity contribution in [2.75, 3.05) is 26.1 Å². The first kappa shape index (κ1) is 15.6. The summed E-state index contributed by atoms with van der Waals surface area (Å²) in [6.07, 6.45) is 0. The van der Waals surface area contributed by atoms with Gasteiger partial charge in [-0.05, 0) is 13.0 Å². The van der Waals surface area contributed by atoms with Crippen LogP contribution in [0, 0.1) is 0 Å². The number of nitrogens with zero attached hydrogens (tertiary/aromatic N) is 1. The number of hydrogen-bond donors (Lipinski definition) is 1. The van der Waals surface area contributed by atoms with E-state index in [1.807, 2.05) is 29.2 Å². The lowest BCUT2D eigenvalue weighted by molar-refractivity contribution is -0.0274. The zero-order valence-electron chi connectivity index (χ0n) is 11.7. The number of para-hydroxylation sites is 1. The van der Waals surface area contributed by atoms with E-state index in [9.17, 15) is 5.11 Å². The van der Waals surface area contributed by atoms with E-state index in [4.69, 9.17) is 21.7 Å². The summed E-state index contributed by atoms with van der Waals surface area (Å²) in [5.41, 5.74) is 0.107. The summed E-state index contributed by atoms with van der Waals surface area (Å²) in [6, 6.07) is 7.80. The molecule has 4 nitrogen and oxygen atoms in total. The van der Waals surface area contributed by atoms with Gasteiger partial charge in [-0.15, -0.1) is 0 Å². The third-order valence-corrected chi connectivity index (χ3v) is 4.85. The molecule has 1 atom stereocenters. The monoisotopic (exact) mass is 313 g/mol. The van der Waals surface area contributed by atoms with Gasteiger partial charge in [0.1, 0.15) is 22.4 Å². The van der Waals surface area contributed by atoms with Crippen LogP contribution in [0.4, 0.5) is 0 Å². The van der Waals surface area contributed by atoms with Crippen LogP contribution in [0.2, 0.25) is 0 Å². The summed E-state index contributed by atoms with van der Waals surface area (Å²) in [5, 5.41) is 10.3. The molecule has 1 saturated heterocycles. The minimum Gasteiger partial charge on any atom is -0.491 e. The lowest BCUT2D eigenvalue weighted by Gasteiger charge is -2.31. The molecule has 110 valence electrons. The highest BCUT2D eigenvalue weighted by atomic mass is 32.2. The van der Waals surface area contributed by atoms with Crippen LogP contribution < -0.4 is 4.74 Å². The molecule has 1 heterocycles. The van der Waals surface area contributed by atoms with Crippen LogP contribution in [0.5, 0.6) is 5.75 Å². The molecule has 1 fully saturated rings. The van der Waals surface area contributed by atoms with Crippen LogP contribution in [0.15, 0.2) is 24.3 Å². The van der Waals surface area contributed by atoms with Crippen molar-refractivity contribution in [1.29, 1.82) is 0 Å². The highest BCUT2D eigenvalue weighted by molar-refractivity contribution is 8.23. The van der Waals surface area contributed by atoms with Crippen molar-refractivity contribution in [3.63, 3.8) is 0 Å². The maximum atomic E-state index is 10.3. The summed E-state index contributed by atoms with van der Waals surface area (Å²) < 4.78 is 11.4. The number of benzene rings is 1. The highest BCUT2D eigenvalue weighted by Crippen LogP contribution is 2.34. The predicted molar refractivity (Wildman–Crippen MR) is 85.0 cm³/mol. The first-order valence-corrected chi connectivity index (χ1v) is 7.80. The molecule has 0 saturated carbocycles. The van der Waals surface area contributed by atoms with Crippen molar-refractivity contribution < 1.29 is 14.6 Å². The molecule has 1 aliphatic heterocycles. The van der Waals surface area contributed by atoms with Gasteiger partial charge >= 0.3 is 0 Å². The lowest BCUT2D eigenvalue weighted by Crippen LogP contribution is -2.43. The number of thioether (sulfide) groups is 1. The molecule has 1 N–H and O–H groups in total. The Labute approximate surface area is 129 Å². The molecule has 1 aliphatic rings. The number of hydrogen-bond acceptors (Lipinski definition) is 5. The molecule has 0 bridgehead atoms. The molecule has 0 spiro atoms. The largest absolute Gasteiger partial charge is 0.491 e. The van der Waals surface area contributed by atoms with Gasteiger partial charge in [-0.2, -0.15) is 0 Å². The maximum absolute atomic E-state index is 10.3. The fraction of sp³-hybridized carbons (Fsp3) is 0.500. The van der Waals surface area contributed by atoms with Crippen LogP contribution in [0.25, 0.3) is 0 Å². The van der Waals surface area contributed by atoms with E-state index in [1.165, 1.54) is 11.8 Å². The second-order valence-electron chi connectivity index (χ2n) is 4.81. The smallest absolute Gasteiger partial charge is 0.145 e. The quantitative estimate of drug-likeness (QED) is 0.642. The van der Waals surface area contributed by atoms with Crippen LogP contribution >= 0.6 is 24.0 Å². The van der Waals surface area contributed by atoms with Crippen LogP contribution in [-0.4, -0.2) is 46.1 Å². The lowest BCUT2D eigenvalue weighted by atomic mass is 10.1. The van der Waals surface area contributed by atoms with Crippen molar-refractivity contribution in [1.82, 2.24) is 4.90 Å². The Morgan fingerprint density at radius 3 is 2.80 bits per heavy atom. The minimum atomic E-state index is -0.901. The van der Waals surface area contributed by atoms with Gasteiger partial charge in [-0.25, -0.2) is 0 Å². The van der Waals surface area contributed by atoms with Crippen LogP contribution in [-0.2, 0) is 11.3 Å². The number of ether oxygens (including phenoxy) is 2. The Bertz CT molecular complexity index is 479. The van der Waals surface area contributed by atoms with Crippen molar-refractivity contribution in [2.24, 2.45) is 0 Å². The average molecular weight is 313 g/mol. The maximum Gasteiger partial charge on any atom is 0.145 e. The van der Waals surface area contributed by atoms with Crippen molar-refractivity contribution in [2.45, 2.75) is 19.2 Å². The Hall–Kier alpha value is -0.820. The molecule has 1 aromatic rings. The minimum absolute atomic E-state index is 0.503. The molecule has 20 heavy (non-hydrogen) atoms. The van der Waals surface area contributed by atoms with E-state index in [2.05, 4.69) is 0 Å². The third-order valence-electron chi connectivity index (χ3n) is 3.12. The summed E-state index contributed by atoms with van der Waals surface area (Å²) >= 11 is 6.81. The first-order valence-electron chi connectivity index (χ1n) is 6.41. The van der Waals surface area contributed by atoms with E-state index >= 15 is 0 Å². The summed E-state index contributed by atoms with van der Waals surface area (Å²) in [4.78, 5) is 1.84. The molecular weight excluding hydrogens is 294 g/mol. The summed E-state index contributed by atoms with van der Waals surface area (Å²) in [7, 11) is 1.65. The molecule has 1 unspecified atom stereocenters. The molecule has 2 rings (SSSR count). The fourth-order valence-corrected chi connectivity index (χ4v) is 3.37. The van der Waals surface area contributed by atoms with Crippen molar-refractivity contribution in [3.8, 4) is 5.75 Å². The normalized spacial score (nSPS) is 22.4. The molecule has 0 amide bonds. The van der Waals surface area contributed by atoms with Gasteiger partial charge in [0.05, 0.1) is 13.2 Å². The van der Waals surface area contributed by atoms with E-state index < -0.39 is 5.72 Å². The molecule has 6 heteroatoms. The summed E-state index contributed by atoms with van der Waals surface area (Å²) in [6.45, 7) is 3.38. The van der Waals surface area contributed by atoms with E-state index in [0.717, 1.165) is 15.6 Å². The molecule has 0 aromatic heterocycles. The van der Waals surface area contributed by atoms with Crippen LogP contribution in [0.3, 0.4) is 0 Å². The molecule has 0 aliphatic carbocycles. The van der Waals surface area contributed by atoms with Gasteiger partial charge in [-0.3, -0.25) is 0 Å². The Morgan fingerprint density at radius 1 is 1.40 bits per heavy atom. The Morgan fingerprint density at radius 2 is 2.15 bits per heavy atom. The second kappa shape index (κ2) is 6.76. The number of rotatable bonds is 6. The second-order valence-corrected chi connectivity index (χ2v) is 6.42. The van der Waals surface area contributed by atoms with Gasteiger partial charge < -0.3 is 19.5 Å².